The average molecular weight is 428 g/mol. The zero-order chi connectivity index (χ0) is 22.0. The Bertz CT molecular complexity index is 1010. The Labute approximate surface area is 179 Å². The van der Waals surface area contributed by atoms with Crippen molar-refractivity contribution in [2.75, 3.05) is 20.3 Å². The van der Waals surface area contributed by atoms with Crippen LogP contribution in [0.1, 0.15) is 17.0 Å². The minimum absolute atomic E-state index is 0.0304. The monoisotopic (exact) mass is 428 g/mol. The first-order valence-electron chi connectivity index (χ1n) is 10.0. The first kappa shape index (κ1) is 21.4. The standard InChI is InChI=1S/C25H23F3O3/c1-3-23-30-13-18(14-31-23)19-9-8-17(12-21(19)26)15-4-6-16(7-5-15)20-10-11-22(29-2)25(28)24(20)27/h3-12,18,23-25H,1,13-14H2,2H3. The molecule has 0 aromatic heterocycles. The van der Waals surface area contributed by atoms with Crippen LogP contribution in [-0.2, 0) is 14.2 Å². The fourth-order valence-corrected chi connectivity index (χ4v) is 3.82. The van der Waals surface area contributed by atoms with Crippen LogP contribution in [0.25, 0.3) is 16.7 Å². The van der Waals surface area contributed by atoms with Crippen LogP contribution >= 0.6 is 0 Å². The molecule has 2 atom stereocenters. The number of halogens is 3. The van der Waals surface area contributed by atoms with Crippen LogP contribution < -0.4 is 0 Å². The normalized spacial score (nSPS) is 26.1. The van der Waals surface area contributed by atoms with Crippen molar-refractivity contribution in [3.05, 3.63) is 90.0 Å². The molecule has 162 valence electrons. The van der Waals surface area contributed by atoms with E-state index in [0.717, 1.165) is 5.56 Å². The zero-order valence-corrected chi connectivity index (χ0v) is 17.1. The van der Waals surface area contributed by atoms with Crippen LogP contribution in [-0.4, -0.2) is 39.0 Å². The second-order valence-corrected chi connectivity index (χ2v) is 7.48. The average Bonchev–Trinajstić information content (AvgIpc) is 2.81. The minimum atomic E-state index is -1.83. The van der Waals surface area contributed by atoms with Crippen LogP contribution in [0.4, 0.5) is 13.2 Å². The molecule has 2 aromatic rings. The summed E-state index contributed by atoms with van der Waals surface area (Å²) in [5.41, 5.74) is 2.81. The maximum absolute atomic E-state index is 14.8. The van der Waals surface area contributed by atoms with Gasteiger partial charge in [-0.1, -0.05) is 49.1 Å². The molecule has 0 spiro atoms. The Morgan fingerprint density at radius 2 is 1.58 bits per heavy atom. The number of ether oxygens (including phenoxy) is 3. The third-order valence-corrected chi connectivity index (χ3v) is 5.60. The molecule has 1 aliphatic carbocycles. The Morgan fingerprint density at radius 3 is 2.19 bits per heavy atom. The lowest BCUT2D eigenvalue weighted by atomic mass is 9.91. The van der Waals surface area contributed by atoms with Crippen LogP contribution in [0.2, 0.25) is 0 Å². The highest BCUT2D eigenvalue weighted by Gasteiger charge is 2.32. The largest absolute Gasteiger partial charge is 0.498 e. The third-order valence-electron chi connectivity index (χ3n) is 5.60. The maximum Gasteiger partial charge on any atom is 0.192 e. The predicted octanol–water partition coefficient (Wildman–Crippen LogP) is 5.74. The van der Waals surface area contributed by atoms with Crippen molar-refractivity contribution < 1.29 is 27.4 Å². The SMILES string of the molecule is C=CC1OCC(c2ccc(-c3ccc(C4=CC=C(OC)C(F)C4F)cc3)cc2F)CO1. The molecular weight excluding hydrogens is 405 g/mol. The molecule has 0 amide bonds. The fraction of sp³-hybridized carbons (Fsp3) is 0.280. The molecule has 31 heavy (non-hydrogen) atoms. The highest BCUT2D eigenvalue weighted by atomic mass is 19.2. The van der Waals surface area contributed by atoms with Crippen molar-refractivity contribution >= 4 is 5.57 Å². The van der Waals surface area contributed by atoms with Crippen molar-refractivity contribution in [2.45, 2.75) is 24.6 Å². The van der Waals surface area contributed by atoms with Crippen LogP contribution in [0, 0.1) is 5.82 Å². The fourth-order valence-electron chi connectivity index (χ4n) is 3.82. The van der Waals surface area contributed by atoms with Gasteiger partial charge < -0.3 is 14.2 Å². The van der Waals surface area contributed by atoms with E-state index in [9.17, 15) is 13.2 Å². The number of allylic oxidation sites excluding steroid dienone is 4. The second-order valence-electron chi connectivity index (χ2n) is 7.48. The number of hydrogen-bond donors (Lipinski definition) is 0. The van der Waals surface area contributed by atoms with Crippen LogP contribution in [0.5, 0.6) is 0 Å². The Morgan fingerprint density at radius 1 is 0.935 bits per heavy atom. The number of alkyl halides is 2. The summed E-state index contributed by atoms with van der Waals surface area (Å²) in [5, 5.41) is 0. The van der Waals surface area contributed by atoms with E-state index in [1.807, 2.05) is 6.07 Å². The molecule has 2 aromatic carbocycles. The van der Waals surface area contributed by atoms with E-state index in [4.69, 9.17) is 14.2 Å². The van der Waals surface area contributed by atoms with Crippen LogP contribution in [0.15, 0.2) is 73.0 Å². The molecule has 1 fully saturated rings. The van der Waals surface area contributed by atoms with Gasteiger partial charge in [0.25, 0.3) is 0 Å². The molecule has 0 radical (unpaired) electrons. The first-order chi connectivity index (χ1) is 15.0. The molecule has 0 N–H and O–H groups in total. The van der Waals surface area contributed by atoms with Crippen LogP contribution in [0.3, 0.4) is 0 Å². The van der Waals surface area contributed by atoms with Gasteiger partial charge in [-0.3, -0.25) is 0 Å². The van der Waals surface area contributed by atoms with Gasteiger partial charge in [0.2, 0.25) is 0 Å². The number of methoxy groups -OCH3 is 1. The minimum Gasteiger partial charge on any atom is -0.498 e. The van der Waals surface area contributed by atoms with Crippen molar-refractivity contribution in [2.24, 2.45) is 0 Å². The van der Waals surface area contributed by atoms with E-state index >= 15 is 0 Å². The van der Waals surface area contributed by atoms with E-state index in [0.29, 0.717) is 29.9 Å². The summed E-state index contributed by atoms with van der Waals surface area (Å²) in [7, 11) is 1.31. The highest BCUT2D eigenvalue weighted by molar-refractivity contribution is 5.75. The number of benzene rings is 2. The third kappa shape index (κ3) is 4.31. The Balaban J connectivity index is 1.52. The lowest BCUT2D eigenvalue weighted by Crippen LogP contribution is -2.29. The summed E-state index contributed by atoms with van der Waals surface area (Å²) in [5.74, 6) is -0.560. The summed E-state index contributed by atoms with van der Waals surface area (Å²) >= 11 is 0. The topological polar surface area (TPSA) is 27.7 Å². The van der Waals surface area contributed by atoms with Gasteiger partial charge in [0.15, 0.2) is 18.6 Å². The lowest BCUT2D eigenvalue weighted by Gasteiger charge is -2.28. The molecule has 1 heterocycles. The molecule has 1 saturated heterocycles. The molecule has 2 aliphatic rings. The van der Waals surface area contributed by atoms with Crippen molar-refractivity contribution in [1.82, 2.24) is 0 Å². The summed E-state index contributed by atoms with van der Waals surface area (Å²) in [6.07, 6.45) is 0.435. The summed E-state index contributed by atoms with van der Waals surface area (Å²) in [6.45, 7) is 4.33. The van der Waals surface area contributed by atoms with E-state index in [-0.39, 0.29) is 23.1 Å². The van der Waals surface area contributed by atoms with Gasteiger partial charge in [-0.2, -0.15) is 0 Å². The van der Waals surface area contributed by atoms with Crippen molar-refractivity contribution in [1.29, 1.82) is 0 Å². The molecule has 0 bridgehead atoms. The second kappa shape index (κ2) is 9.12. The van der Waals surface area contributed by atoms with Gasteiger partial charge in [0.1, 0.15) is 11.6 Å². The van der Waals surface area contributed by atoms with Crippen molar-refractivity contribution in [3.63, 3.8) is 0 Å². The smallest absolute Gasteiger partial charge is 0.192 e. The van der Waals surface area contributed by atoms with Gasteiger partial charge in [-0.25, -0.2) is 13.2 Å². The van der Waals surface area contributed by atoms with Crippen molar-refractivity contribution in [3.8, 4) is 11.1 Å². The van der Waals surface area contributed by atoms with Gasteiger partial charge in [0, 0.05) is 5.92 Å². The molecule has 1 aliphatic heterocycles. The quantitative estimate of drug-likeness (QED) is 0.569. The summed E-state index contributed by atoms with van der Waals surface area (Å²) in [6, 6.07) is 12.0. The molecule has 3 nitrogen and oxygen atoms in total. The Kier molecular flexibility index (Phi) is 6.30. The first-order valence-corrected chi connectivity index (χ1v) is 10.0. The van der Waals surface area contributed by atoms with Gasteiger partial charge >= 0.3 is 0 Å². The predicted molar refractivity (Wildman–Crippen MR) is 113 cm³/mol. The van der Waals surface area contributed by atoms with Gasteiger partial charge in [0.05, 0.1) is 20.3 Å². The lowest BCUT2D eigenvalue weighted by molar-refractivity contribution is -0.159. The molecule has 2 unspecified atom stereocenters. The van der Waals surface area contributed by atoms with Gasteiger partial charge in [-0.05, 0) is 46.0 Å². The van der Waals surface area contributed by atoms with E-state index < -0.39 is 18.6 Å². The molecular formula is C25H23F3O3. The summed E-state index contributed by atoms with van der Waals surface area (Å²) in [4.78, 5) is 0. The Hall–Kier alpha value is -2.83. The van der Waals surface area contributed by atoms with E-state index in [2.05, 4.69) is 6.58 Å². The number of hydrogen-bond acceptors (Lipinski definition) is 3. The highest BCUT2D eigenvalue weighted by Crippen LogP contribution is 2.34. The van der Waals surface area contributed by atoms with E-state index in [1.54, 1.807) is 36.4 Å². The number of rotatable bonds is 5. The maximum atomic E-state index is 14.8. The molecule has 6 heteroatoms. The zero-order valence-electron chi connectivity index (χ0n) is 17.1. The summed E-state index contributed by atoms with van der Waals surface area (Å²) < 4.78 is 59.2. The van der Waals surface area contributed by atoms with E-state index in [1.165, 1.54) is 25.3 Å². The van der Waals surface area contributed by atoms with Gasteiger partial charge in [-0.15, -0.1) is 0 Å². The molecule has 0 saturated carbocycles. The molecule has 4 rings (SSSR count).